The second-order valence-electron chi connectivity index (χ2n) is 4.65. The van der Waals surface area contributed by atoms with Gasteiger partial charge in [0, 0.05) is 31.6 Å². The van der Waals surface area contributed by atoms with E-state index in [-0.39, 0.29) is 12.0 Å². The van der Waals surface area contributed by atoms with E-state index in [1.807, 2.05) is 20.8 Å². The van der Waals surface area contributed by atoms with Gasteiger partial charge in [0.2, 0.25) is 0 Å². The summed E-state index contributed by atoms with van der Waals surface area (Å²) in [6, 6.07) is 0.0570. The largest absolute Gasteiger partial charge is 0.393 e. The highest BCUT2D eigenvalue weighted by atomic mass is 32.1. The SMILES string of the molecule is CC(CN1CCN(C(C)C)C(=O)C1=O)C(N)=S. The molecule has 0 spiro atoms. The fraction of sp³-hybridized carbons (Fsp3) is 0.727. The Labute approximate surface area is 107 Å². The molecule has 0 aromatic heterocycles. The Balaban J connectivity index is 2.66. The zero-order valence-corrected chi connectivity index (χ0v) is 11.3. The van der Waals surface area contributed by atoms with Gasteiger partial charge in [-0.05, 0) is 13.8 Å². The quantitative estimate of drug-likeness (QED) is 0.568. The van der Waals surface area contributed by atoms with Crippen LogP contribution in [0.15, 0.2) is 0 Å². The Morgan fingerprint density at radius 3 is 2.35 bits per heavy atom. The van der Waals surface area contributed by atoms with Crippen LogP contribution in [0.2, 0.25) is 0 Å². The van der Waals surface area contributed by atoms with E-state index >= 15 is 0 Å². The second-order valence-corrected chi connectivity index (χ2v) is 5.12. The van der Waals surface area contributed by atoms with Crippen molar-refractivity contribution in [2.75, 3.05) is 19.6 Å². The van der Waals surface area contributed by atoms with Crippen molar-refractivity contribution in [3.8, 4) is 0 Å². The zero-order chi connectivity index (χ0) is 13.2. The maximum absolute atomic E-state index is 11.8. The summed E-state index contributed by atoms with van der Waals surface area (Å²) in [7, 11) is 0. The van der Waals surface area contributed by atoms with Gasteiger partial charge in [-0.3, -0.25) is 9.59 Å². The van der Waals surface area contributed by atoms with Gasteiger partial charge in [-0.1, -0.05) is 19.1 Å². The molecule has 0 radical (unpaired) electrons. The molecule has 1 heterocycles. The number of nitrogens with zero attached hydrogens (tertiary/aromatic N) is 2. The number of nitrogens with two attached hydrogens (primary N) is 1. The van der Waals surface area contributed by atoms with E-state index in [1.54, 1.807) is 4.90 Å². The molecule has 1 aliphatic heterocycles. The molecule has 1 saturated heterocycles. The van der Waals surface area contributed by atoms with Gasteiger partial charge in [0.15, 0.2) is 0 Å². The molecule has 1 aliphatic rings. The average molecular weight is 257 g/mol. The molecule has 1 atom stereocenters. The van der Waals surface area contributed by atoms with Crippen LogP contribution in [0.3, 0.4) is 0 Å². The number of carbonyl (C=O) groups is 2. The van der Waals surface area contributed by atoms with Crippen LogP contribution in [0.25, 0.3) is 0 Å². The lowest BCUT2D eigenvalue weighted by Crippen LogP contribution is -2.57. The lowest BCUT2D eigenvalue weighted by atomic mass is 10.1. The molecular formula is C11H19N3O2S. The minimum absolute atomic E-state index is 0.0570. The van der Waals surface area contributed by atoms with Gasteiger partial charge in [0.05, 0.1) is 4.99 Å². The predicted octanol–water partition coefficient (Wildman–Crippen LogP) is -0.0122. The number of hydrogen-bond donors (Lipinski definition) is 1. The molecule has 96 valence electrons. The average Bonchev–Trinajstić information content (AvgIpc) is 2.24. The van der Waals surface area contributed by atoms with Crippen LogP contribution in [0.1, 0.15) is 20.8 Å². The number of carbonyl (C=O) groups excluding carboxylic acids is 2. The highest BCUT2D eigenvalue weighted by Crippen LogP contribution is 2.11. The summed E-state index contributed by atoms with van der Waals surface area (Å²) in [6.45, 7) is 7.21. The van der Waals surface area contributed by atoms with Crippen molar-refractivity contribution in [2.24, 2.45) is 11.7 Å². The summed E-state index contributed by atoms with van der Waals surface area (Å²) < 4.78 is 0. The predicted molar refractivity (Wildman–Crippen MR) is 69.4 cm³/mol. The first-order valence-electron chi connectivity index (χ1n) is 5.73. The fourth-order valence-electron chi connectivity index (χ4n) is 1.78. The number of piperazine rings is 1. The Morgan fingerprint density at radius 2 is 1.88 bits per heavy atom. The molecule has 2 amide bonds. The first-order chi connectivity index (χ1) is 7.84. The van der Waals surface area contributed by atoms with Crippen molar-refractivity contribution in [1.29, 1.82) is 0 Å². The maximum atomic E-state index is 11.8. The number of amides is 2. The molecule has 6 heteroatoms. The summed E-state index contributed by atoms with van der Waals surface area (Å²) in [4.78, 5) is 27.1. The van der Waals surface area contributed by atoms with E-state index in [1.165, 1.54) is 4.90 Å². The smallest absolute Gasteiger partial charge is 0.312 e. The summed E-state index contributed by atoms with van der Waals surface area (Å²) in [5, 5.41) is 0. The van der Waals surface area contributed by atoms with Crippen molar-refractivity contribution in [3.63, 3.8) is 0 Å². The number of thiocarbonyl (C=S) groups is 1. The molecule has 0 aromatic carbocycles. The Morgan fingerprint density at radius 1 is 1.29 bits per heavy atom. The van der Waals surface area contributed by atoms with Crippen molar-refractivity contribution in [1.82, 2.24) is 9.80 Å². The monoisotopic (exact) mass is 257 g/mol. The Kier molecular flexibility index (Phi) is 4.45. The topological polar surface area (TPSA) is 66.6 Å². The van der Waals surface area contributed by atoms with Gasteiger partial charge in [0.25, 0.3) is 0 Å². The third-order valence-corrected chi connectivity index (χ3v) is 3.35. The van der Waals surface area contributed by atoms with Crippen molar-refractivity contribution >= 4 is 29.0 Å². The van der Waals surface area contributed by atoms with Crippen LogP contribution in [0.4, 0.5) is 0 Å². The molecule has 0 aromatic rings. The van der Waals surface area contributed by atoms with Gasteiger partial charge in [-0.2, -0.15) is 0 Å². The molecule has 1 rings (SSSR count). The highest BCUT2D eigenvalue weighted by molar-refractivity contribution is 7.80. The van der Waals surface area contributed by atoms with E-state index in [9.17, 15) is 9.59 Å². The summed E-state index contributed by atoms with van der Waals surface area (Å²) >= 11 is 4.86. The molecule has 1 fully saturated rings. The van der Waals surface area contributed by atoms with Gasteiger partial charge < -0.3 is 15.5 Å². The minimum atomic E-state index is -0.451. The summed E-state index contributed by atoms with van der Waals surface area (Å²) in [5.41, 5.74) is 5.51. The first kappa shape index (κ1) is 13.9. The Bertz CT molecular complexity index is 344. The van der Waals surface area contributed by atoms with Crippen molar-refractivity contribution in [3.05, 3.63) is 0 Å². The molecular weight excluding hydrogens is 238 g/mol. The lowest BCUT2D eigenvalue weighted by molar-refractivity contribution is -0.157. The van der Waals surface area contributed by atoms with Crippen molar-refractivity contribution < 1.29 is 9.59 Å². The molecule has 0 saturated carbocycles. The molecule has 17 heavy (non-hydrogen) atoms. The second kappa shape index (κ2) is 5.44. The van der Waals surface area contributed by atoms with E-state index in [0.717, 1.165) is 0 Å². The third-order valence-electron chi connectivity index (χ3n) is 2.95. The van der Waals surface area contributed by atoms with Crippen LogP contribution >= 0.6 is 12.2 Å². The van der Waals surface area contributed by atoms with Gasteiger partial charge in [-0.25, -0.2) is 0 Å². The molecule has 1 unspecified atom stereocenters. The Hall–Kier alpha value is -1.17. The zero-order valence-electron chi connectivity index (χ0n) is 10.5. The fourth-order valence-corrected chi connectivity index (χ4v) is 1.85. The van der Waals surface area contributed by atoms with Crippen LogP contribution < -0.4 is 5.73 Å². The van der Waals surface area contributed by atoms with Gasteiger partial charge >= 0.3 is 11.8 Å². The summed E-state index contributed by atoms with van der Waals surface area (Å²) in [6.07, 6.45) is 0. The van der Waals surface area contributed by atoms with E-state index in [2.05, 4.69) is 0 Å². The molecule has 5 nitrogen and oxygen atoms in total. The maximum Gasteiger partial charge on any atom is 0.312 e. The number of hydrogen-bond acceptors (Lipinski definition) is 3. The van der Waals surface area contributed by atoms with Crippen LogP contribution in [0.5, 0.6) is 0 Å². The first-order valence-corrected chi connectivity index (χ1v) is 6.14. The molecule has 0 bridgehead atoms. The minimum Gasteiger partial charge on any atom is -0.393 e. The van der Waals surface area contributed by atoms with Crippen molar-refractivity contribution in [2.45, 2.75) is 26.8 Å². The van der Waals surface area contributed by atoms with E-state index in [0.29, 0.717) is 24.6 Å². The lowest BCUT2D eigenvalue weighted by Gasteiger charge is -2.36. The van der Waals surface area contributed by atoms with Gasteiger partial charge in [-0.15, -0.1) is 0 Å². The van der Waals surface area contributed by atoms with Crippen LogP contribution in [-0.4, -0.2) is 52.3 Å². The van der Waals surface area contributed by atoms with Gasteiger partial charge in [0.1, 0.15) is 0 Å². The van der Waals surface area contributed by atoms with E-state index < -0.39 is 11.8 Å². The number of rotatable bonds is 4. The summed E-state index contributed by atoms with van der Waals surface area (Å²) in [5.74, 6) is -0.943. The highest BCUT2D eigenvalue weighted by Gasteiger charge is 2.34. The molecule has 2 N–H and O–H groups in total. The van der Waals surface area contributed by atoms with E-state index in [4.69, 9.17) is 18.0 Å². The van der Waals surface area contributed by atoms with Crippen LogP contribution in [0, 0.1) is 5.92 Å². The van der Waals surface area contributed by atoms with Crippen LogP contribution in [-0.2, 0) is 9.59 Å². The molecule has 0 aliphatic carbocycles. The normalized spacial score (nSPS) is 18.8. The standard InChI is InChI=1S/C11H19N3O2S/c1-7(2)14-5-4-13(10(15)11(14)16)6-8(3)9(12)17/h7-8H,4-6H2,1-3H3,(H2,12,17). The third kappa shape index (κ3) is 3.15.